The van der Waals surface area contributed by atoms with Crippen LogP contribution in [0.25, 0.3) is 0 Å². The standard InChI is InChI=1S/C5H10N2O4S/c8-4-7-2-1-6-3-5(7)12(9,10)11/h4-6H,1-3H2,(H,9,10,11). The van der Waals surface area contributed by atoms with Gasteiger partial charge in [0.1, 0.15) is 0 Å². The van der Waals surface area contributed by atoms with Crippen molar-refractivity contribution in [3.63, 3.8) is 0 Å². The highest BCUT2D eigenvalue weighted by Crippen LogP contribution is 2.05. The van der Waals surface area contributed by atoms with Crippen molar-refractivity contribution >= 4 is 16.5 Å². The van der Waals surface area contributed by atoms with E-state index in [1.165, 1.54) is 0 Å². The van der Waals surface area contributed by atoms with Crippen molar-refractivity contribution in [2.45, 2.75) is 5.37 Å². The summed E-state index contributed by atoms with van der Waals surface area (Å²) in [5.41, 5.74) is 0. The fourth-order valence-electron chi connectivity index (χ4n) is 1.09. The summed E-state index contributed by atoms with van der Waals surface area (Å²) in [6.07, 6.45) is 0.430. The van der Waals surface area contributed by atoms with E-state index in [1.807, 2.05) is 0 Å². The molecule has 1 atom stereocenters. The van der Waals surface area contributed by atoms with Gasteiger partial charge in [-0.1, -0.05) is 0 Å². The number of hydrogen-bond donors (Lipinski definition) is 2. The molecule has 0 aromatic carbocycles. The van der Waals surface area contributed by atoms with Gasteiger partial charge in [0.2, 0.25) is 6.41 Å². The lowest BCUT2D eigenvalue weighted by atomic mass is 10.4. The maximum Gasteiger partial charge on any atom is 0.287 e. The molecule has 1 saturated heterocycles. The third kappa shape index (κ3) is 1.93. The molecule has 0 spiro atoms. The molecule has 0 aromatic heterocycles. The number of hydrogen-bond acceptors (Lipinski definition) is 4. The lowest BCUT2D eigenvalue weighted by Crippen LogP contribution is -2.53. The van der Waals surface area contributed by atoms with Crippen LogP contribution in [-0.4, -0.2) is 49.3 Å². The molecule has 1 aliphatic heterocycles. The van der Waals surface area contributed by atoms with Crippen LogP contribution in [0.4, 0.5) is 0 Å². The summed E-state index contributed by atoms with van der Waals surface area (Å²) in [7, 11) is -4.15. The zero-order valence-corrected chi connectivity index (χ0v) is 7.12. The van der Waals surface area contributed by atoms with Crippen LogP contribution < -0.4 is 5.32 Å². The van der Waals surface area contributed by atoms with E-state index in [-0.39, 0.29) is 6.54 Å². The molecule has 1 heterocycles. The van der Waals surface area contributed by atoms with Crippen molar-refractivity contribution in [3.8, 4) is 0 Å². The number of piperazine rings is 1. The first kappa shape index (κ1) is 9.43. The zero-order chi connectivity index (χ0) is 9.19. The smallest absolute Gasteiger partial charge is 0.287 e. The van der Waals surface area contributed by atoms with Crippen LogP contribution in [0.5, 0.6) is 0 Å². The van der Waals surface area contributed by atoms with Crippen molar-refractivity contribution in [3.05, 3.63) is 0 Å². The monoisotopic (exact) mass is 194 g/mol. The van der Waals surface area contributed by atoms with Crippen LogP contribution in [0.15, 0.2) is 0 Å². The van der Waals surface area contributed by atoms with Crippen molar-refractivity contribution in [2.75, 3.05) is 19.6 Å². The Labute approximate surface area is 70.3 Å². The average molecular weight is 194 g/mol. The molecular weight excluding hydrogens is 184 g/mol. The van der Waals surface area contributed by atoms with Crippen LogP contribution in [0.2, 0.25) is 0 Å². The number of nitrogens with zero attached hydrogens (tertiary/aromatic N) is 1. The second-order valence-corrected chi connectivity index (χ2v) is 4.09. The molecule has 0 bridgehead atoms. The van der Waals surface area contributed by atoms with Crippen LogP contribution in [0.1, 0.15) is 0 Å². The Hall–Kier alpha value is -0.660. The van der Waals surface area contributed by atoms with Crippen LogP contribution in [-0.2, 0) is 14.9 Å². The van der Waals surface area contributed by atoms with E-state index in [0.29, 0.717) is 19.5 Å². The van der Waals surface area contributed by atoms with Gasteiger partial charge in [-0.25, -0.2) is 0 Å². The quantitative estimate of drug-likeness (QED) is 0.402. The van der Waals surface area contributed by atoms with Gasteiger partial charge in [0.05, 0.1) is 0 Å². The van der Waals surface area contributed by atoms with Gasteiger partial charge in [-0.3, -0.25) is 9.35 Å². The zero-order valence-electron chi connectivity index (χ0n) is 6.30. The lowest BCUT2D eigenvalue weighted by molar-refractivity contribution is -0.119. The summed E-state index contributed by atoms with van der Waals surface area (Å²) in [6.45, 7) is 0.927. The van der Waals surface area contributed by atoms with Gasteiger partial charge in [0.15, 0.2) is 5.37 Å². The Morgan fingerprint density at radius 2 is 2.25 bits per heavy atom. The SMILES string of the molecule is O=CN1CCNCC1S(=O)(=O)O. The van der Waals surface area contributed by atoms with Gasteiger partial charge in [-0.15, -0.1) is 0 Å². The largest absolute Gasteiger partial charge is 0.324 e. The first-order valence-corrected chi connectivity index (χ1v) is 4.94. The van der Waals surface area contributed by atoms with E-state index in [1.54, 1.807) is 0 Å². The van der Waals surface area contributed by atoms with E-state index in [0.717, 1.165) is 4.90 Å². The molecule has 7 heteroatoms. The molecule has 1 fully saturated rings. The molecule has 6 nitrogen and oxygen atoms in total. The van der Waals surface area contributed by atoms with E-state index in [4.69, 9.17) is 4.55 Å². The van der Waals surface area contributed by atoms with Crippen LogP contribution in [0, 0.1) is 0 Å². The van der Waals surface area contributed by atoms with Gasteiger partial charge in [-0.05, 0) is 0 Å². The maximum atomic E-state index is 10.7. The molecular formula is C5H10N2O4S. The van der Waals surface area contributed by atoms with Crippen molar-refractivity contribution in [2.24, 2.45) is 0 Å². The van der Waals surface area contributed by atoms with Crippen molar-refractivity contribution in [1.29, 1.82) is 0 Å². The predicted octanol–water partition coefficient (Wildman–Crippen LogP) is -1.74. The van der Waals surface area contributed by atoms with Gasteiger partial charge in [0, 0.05) is 19.6 Å². The molecule has 0 aliphatic carbocycles. The fraction of sp³-hybridized carbons (Fsp3) is 0.800. The minimum Gasteiger partial charge on any atom is -0.324 e. The molecule has 1 amide bonds. The van der Waals surface area contributed by atoms with Crippen LogP contribution in [0.3, 0.4) is 0 Å². The summed E-state index contributed by atoms with van der Waals surface area (Å²) in [6, 6.07) is 0. The van der Waals surface area contributed by atoms with E-state index < -0.39 is 15.5 Å². The first-order valence-electron chi connectivity index (χ1n) is 3.44. The van der Waals surface area contributed by atoms with Crippen molar-refractivity contribution in [1.82, 2.24) is 10.2 Å². The second kappa shape index (κ2) is 3.38. The highest BCUT2D eigenvalue weighted by Gasteiger charge is 2.30. The van der Waals surface area contributed by atoms with Gasteiger partial charge < -0.3 is 10.2 Å². The molecule has 0 saturated carbocycles. The summed E-state index contributed by atoms with van der Waals surface area (Å²) in [5.74, 6) is 0. The van der Waals surface area contributed by atoms with Gasteiger partial charge in [-0.2, -0.15) is 8.42 Å². The molecule has 12 heavy (non-hydrogen) atoms. The second-order valence-electron chi connectivity index (χ2n) is 2.52. The Kier molecular flexibility index (Phi) is 2.65. The number of carbonyl (C=O) groups is 1. The van der Waals surface area contributed by atoms with E-state index in [9.17, 15) is 13.2 Å². The Morgan fingerprint density at radius 1 is 1.58 bits per heavy atom. The third-order valence-electron chi connectivity index (χ3n) is 1.71. The molecule has 1 unspecified atom stereocenters. The summed E-state index contributed by atoms with van der Waals surface area (Å²) < 4.78 is 30.0. The third-order valence-corrected chi connectivity index (χ3v) is 2.84. The summed E-state index contributed by atoms with van der Waals surface area (Å²) in [5, 5.41) is 1.63. The minimum absolute atomic E-state index is 0.0809. The van der Waals surface area contributed by atoms with E-state index >= 15 is 0 Å². The Morgan fingerprint density at radius 3 is 2.67 bits per heavy atom. The summed E-state index contributed by atoms with van der Waals surface area (Å²) in [4.78, 5) is 11.4. The first-order chi connectivity index (χ1) is 5.55. The molecule has 0 radical (unpaired) electrons. The molecule has 0 aromatic rings. The number of carbonyl (C=O) groups excluding carboxylic acids is 1. The highest BCUT2D eigenvalue weighted by atomic mass is 32.2. The Bertz CT molecular complexity index is 263. The van der Waals surface area contributed by atoms with E-state index in [2.05, 4.69) is 5.32 Å². The normalized spacial score (nSPS) is 25.4. The molecule has 2 N–H and O–H groups in total. The maximum absolute atomic E-state index is 10.7. The number of amides is 1. The molecule has 1 rings (SSSR count). The van der Waals surface area contributed by atoms with Gasteiger partial charge >= 0.3 is 0 Å². The molecule has 1 aliphatic rings. The van der Waals surface area contributed by atoms with Crippen LogP contribution >= 0.6 is 0 Å². The molecule has 70 valence electrons. The number of nitrogens with one attached hydrogen (secondary N) is 1. The Balaban J connectivity index is 2.79. The lowest BCUT2D eigenvalue weighted by Gasteiger charge is -2.30. The van der Waals surface area contributed by atoms with Crippen molar-refractivity contribution < 1.29 is 17.8 Å². The fourth-order valence-corrected chi connectivity index (χ4v) is 1.92. The number of rotatable bonds is 2. The average Bonchev–Trinajstić information content (AvgIpc) is 2.03. The minimum atomic E-state index is -4.15. The van der Waals surface area contributed by atoms with Gasteiger partial charge in [0.25, 0.3) is 10.1 Å². The topological polar surface area (TPSA) is 86.7 Å². The summed E-state index contributed by atoms with van der Waals surface area (Å²) >= 11 is 0. The predicted molar refractivity (Wildman–Crippen MR) is 41.0 cm³/mol. The highest BCUT2D eigenvalue weighted by molar-refractivity contribution is 7.86.